The first kappa shape index (κ1) is 17.2. The Morgan fingerprint density at radius 2 is 1.87 bits per heavy atom. The van der Waals surface area contributed by atoms with E-state index in [4.69, 9.17) is 9.47 Å². The summed E-state index contributed by atoms with van der Waals surface area (Å²) in [6.45, 7) is 1.43. The van der Waals surface area contributed by atoms with E-state index in [2.05, 4.69) is 12.2 Å². The third-order valence-electron chi connectivity index (χ3n) is 3.93. The zero-order valence-electron chi connectivity index (χ0n) is 13.2. The summed E-state index contributed by atoms with van der Waals surface area (Å²) in [4.78, 5) is 23.3. The molecule has 1 aliphatic rings. The lowest BCUT2D eigenvalue weighted by Crippen LogP contribution is -2.39. The van der Waals surface area contributed by atoms with Crippen molar-refractivity contribution in [2.75, 3.05) is 13.2 Å². The number of rotatable bonds is 6. The molecule has 0 saturated heterocycles. The Kier molecular flexibility index (Phi) is 6.38. The Hall–Kier alpha value is -2.11. The molecular weight excluding hydrogens is 301 g/mol. The van der Waals surface area contributed by atoms with Crippen molar-refractivity contribution < 1.29 is 23.5 Å². The molecule has 0 radical (unpaired) electrons. The number of halogens is 1. The highest BCUT2D eigenvalue weighted by molar-refractivity contribution is 5.81. The van der Waals surface area contributed by atoms with Crippen LogP contribution in [0.4, 0.5) is 4.39 Å². The zero-order chi connectivity index (χ0) is 16.7. The van der Waals surface area contributed by atoms with Gasteiger partial charge in [-0.15, -0.1) is 0 Å². The van der Waals surface area contributed by atoms with Crippen LogP contribution < -0.4 is 10.1 Å². The predicted molar refractivity (Wildman–Crippen MR) is 82.4 cm³/mol. The van der Waals surface area contributed by atoms with Crippen LogP contribution in [0.5, 0.6) is 5.75 Å². The quantitative estimate of drug-likeness (QED) is 0.817. The van der Waals surface area contributed by atoms with Gasteiger partial charge in [-0.2, -0.15) is 0 Å². The molecule has 126 valence electrons. The number of hydrogen-bond acceptors (Lipinski definition) is 4. The maximum atomic E-state index is 13.3. The summed E-state index contributed by atoms with van der Waals surface area (Å²) in [5.74, 6) is -0.893. The van der Waals surface area contributed by atoms with Gasteiger partial charge in [0.2, 0.25) is 0 Å². The van der Waals surface area contributed by atoms with Gasteiger partial charge in [0.15, 0.2) is 24.8 Å². The van der Waals surface area contributed by atoms with E-state index in [1.54, 1.807) is 6.07 Å². The van der Waals surface area contributed by atoms with Crippen molar-refractivity contribution in [3.8, 4) is 5.75 Å². The third kappa shape index (κ3) is 5.88. The van der Waals surface area contributed by atoms with Gasteiger partial charge in [-0.1, -0.05) is 19.1 Å². The van der Waals surface area contributed by atoms with Gasteiger partial charge in [0.25, 0.3) is 5.91 Å². The van der Waals surface area contributed by atoms with Crippen molar-refractivity contribution in [3.05, 3.63) is 30.1 Å². The van der Waals surface area contributed by atoms with Gasteiger partial charge in [-0.25, -0.2) is 9.18 Å². The van der Waals surface area contributed by atoms with E-state index in [0.717, 1.165) is 25.7 Å². The largest absolute Gasteiger partial charge is 0.479 e. The number of ether oxygens (including phenoxy) is 2. The number of carbonyl (C=O) groups is 2. The molecule has 0 bridgehead atoms. The summed E-state index contributed by atoms with van der Waals surface area (Å²) in [7, 11) is 0. The van der Waals surface area contributed by atoms with Crippen LogP contribution in [0.3, 0.4) is 0 Å². The van der Waals surface area contributed by atoms with E-state index in [1.165, 1.54) is 18.2 Å². The molecular formula is C17H22FNO4. The lowest BCUT2D eigenvalue weighted by atomic mass is 9.87. The highest BCUT2D eigenvalue weighted by Gasteiger charge is 2.20. The van der Waals surface area contributed by atoms with Crippen LogP contribution in [-0.2, 0) is 14.3 Å². The Labute approximate surface area is 135 Å². The average molecular weight is 323 g/mol. The third-order valence-corrected chi connectivity index (χ3v) is 3.93. The molecule has 1 aromatic carbocycles. The van der Waals surface area contributed by atoms with Crippen LogP contribution in [0.25, 0.3) is 0 Å². The minimum absolute atomic E-state index is 0.0229. The van der Waals surface area contributed by atoms with Crippen molar-refractivity contribution in [1.82, 2.24) is 5.32 Å². The van der Waals surface area contributed by atoms with Gasteiger partial charge in [-0.05, 0) is 43.7 Å². The Balaban J connectivity index is 1.64. The average Bonchev–Trinajstić information content (AvgIpc) is 2.54. The summed E-state index contributed by atoms with van der Waals surface area (Å²) in [6, 6.07) is 5.93. The maximum Gasteiger partial charge on any atom is 0.344 e. The molecule has 1 aliphatic carbocycles. The predicted octanol–water partition coefficient (Wildman–Crippen LogP) is 2.44. The smallest absolute Gasteiger partial charge is 0.344 e. The molecule has 5 nitrogen and oxygen atoms in total. The number of para-hydroxylation sites is 1. The first-order chi connectivity index (χ1) is 11.0. The van der Waals surface area contributed by atoms with E-state index in [-0.39, 0.29) is 24.3 Å². The summed E-state index contributed by atoms with van der Waals surface area (Å²) in [6.07, 6.45) is 4.11. The number of amides is 1. The molecule has 0 aromatic heterocycles. The van der Waals surface area contributed by atoms with E-state index >= 15 is 0 Å². The van der Waals surface area contributed by atoms with Gasteiger partial charge in [0, 0.05) is 6.04 Å². The monoisotopic (exact) mass is 323 g/mol. The molecule has 0 atom stereocenters. The van der Waals surface area contributed by atoms with Crippen molar-refractivity contribution >= 4 is 11.9 Å². The summed E-state index contributed by atoms with van der Waals surface area (Å²) in [5, 5.41) is 2.86. The summed E-state index contributed by atoms with van der Waals surface area (Å²) < 4.78 is 23.1. The van der Waals surface area contributed by atoms with Crippen LogP contribution in [-0.4, -0.2) is 31.1 Å². The van der Waals surface area contributed by atoms with Crippen LogP contribution in [0, 0.1) is 11.7 Å². The molecule has 1 aromatic rings. The van der Waals surface area contributed by atoms with Gasteiger partial charge >= 0.3 is 5.97 Å². The second-order valence-electron chi connectivity index (χ2n) is 5.90. The second-order valence-corrected chi connectivity index (χ2v) is 5.90. The topological polar surface area (TPSA) is 64.6 Å². The van der Waals surface area contributed by atoms with Gasteiger partial charge in [0.05, 0.1) is 0 Å². The Morgan fingerprint density at radius 1 is 1.17 bits per heavy atom. The molecule has 1 saturated carbocycles. The second kappa shape index (κ2) is 8.50. The fraction of sp³-hybridized carbons (Fsp3) is 0.529. The molecule has 2 rings (SSSR count). The fourth-order valence-electron chi connectivity index (χ4n) is 2.56. The Morgan fingerprint density at radius 3 is 2.57 bits per heavy atom. The zero-order valence-corrected chi connectivity index (χ0v) is 13.2. The van der Waals surface area contributed by atoms with Crippen LogP contribution in [0.2, 0.25) is 0 Å². The molecule has 6 heteroatoms. The number of carbonyl (C=O) groups excluding carboxylic acids is 2. The number of nitrogens with one attached hydrogen (secondary N) is 1. The molecule has 1 amide bonds. The van der Waals surface area contributed by atoms with Crippen LogP contribution in [0.1, 0.15) is 32.6 Å². The fourth-order valence-corrected chi connectivity index (χ4v) is 2.56. The van der Waals surface area contributed by atoms with E-state index in [1.807, 2.05) is 0 Å². The highest BCUT2D eigenvalue weighted by Crippen LogP contribution is 2.23. The van der Waals surface area contributed by atoms with Gasteiger partial charge in [0.1, 0.15) is 0 Å². The van der Waals surface area contributed by atoms with Crippen molar-refractivity contribution in [1.29, 1.82) is 0 Å². The first-order valence-corrected chi connectivity index (χ1v) is 7.87. The summed E-state index contributed by atoms with van der Waals surface area (Å²) in [5.41, 5.74) is 0. The first-order valence-electron chi connectivity index (χ1n) is 7.87. The molecule has 23 heavy (non-hydrogen) atoms. The molecule has 1 N–H and O–H groups in total. The van der Waals surface area contributed by atoms with Crippen LogP contribution in [0.15, 0.2) is 24.3 Å². The Bertz CT molecular complexity index is 541. The molecule has 0 heterocycles. The normalized spacial score (nSPS) is 20.6. The van der Waals surface area contributed by atoms with E-state index in [0.29, 0.717) is 5.92 Å². The molecule has 0 aliphatic heterocycles. The standard InChI is InChI=1S/C17H22FNO4/c1-12-6-8-13(9-7-12)19-16(20)10-23-17(21)11-22-15-5-3-2-4-14(15)18/h2-5,12-13H,6-11H2,1H3,(H,19,20). The molecule has 0 spiro atoms. The van der Waals surface area contributed by atoms with Crippen molar-refractivity contribution in [2.24, 2.45) is 5.92 Å². The molecule has 1 fully saturated rings. The maximum absolute atomic E-state index is 13.3. The highest BCUT2D eigenvalue weighted by atomic mass is 19.1. The number of benzene rings is 1. The van der Waals surface area contributed by atoms with Crippen molar-refractivity contribution in [3.63, 3.8) is 0 Å². The van der Waals surface area contributed by atoms with E-state index < -0.39 is 18.4 Å². The molecule has 0 unspecified atom stereocenters. The lowest BCUT2D eigenvalue weighted by Gasteiger charge is -2.26. The van der Waals surface area contributed by atoms with Crippen LogP contribution >= 0.6 is 0 Å². The summed E-state index contributed by atoms with van der Waals surface area (Å²) >= 11 is 0. The number of esters is 1. The number of hydrogen-bond donors (Lipinski definition) is 1. The minimum atomic E-state index is -0.708. The van der Waals surface area contributed by atoms with Gasteiger partial charge < -0.3 is 14.8 Å². The van der Waals surface area contributed by atoms with Crippen molar-refractivity contribution in [2.45, 2.75) is 38.6 Å². The van der Waals surface area contributed by atoms with E-state index in [9.17, 15) is 14.0 Å². The van der Waals surface area contributed by atoms with Gasteiger partial charge in [-0.3, -0.25) is 4.79 Å². The minimum Gasteiger partial charge on any atom is -0.479 e. The SMILES string of the molecule is CC1CCC(NC(=O)COC(=O)COc2ccccc2F)CC1. The lowest BCUT2D eigenvalue weighted by molar-refractivity contribution is -0.150.